The summed E-state index contributed by atoms with van der Waals surface area (Å²) >= 11 is 0. The van der Waals surface area contributed by atoms with Crippen molar-refractivity contribution < 1.29 is 20.4 Å². The van der Waals surface area contributed by atoms with E-state index in [1.807, 2.05) is 13.8 Å². The summed E-state index contributed by atoms with van der Waals surface area (Å²) in [6.07, 6.45) is -0.608. The molecule has 0 heterocycles. The van der Waals surface area contributed by atoms with Gasteiger partial charge in [0.1, 0.15) is 0 Å². The molecule has 0 spiro atoms. The molecule has 0 fully saturated rings. The van der Waals surface area contributed by atoms with Crippen LogP contribution in [0.1, 0.15) is 47.0 Å². The van der Waals surface area contributed by atoms with E-state index >= 15 is 0 Å². The lowest BCUT2D eigenvalue weighted by atomic mass is 9.77. The van der Waals surface area contributed by atoms with Crippen LogP contribution < -0.4 is 0 Å². The van der Waals surface area contributed by atoms with Gasteiger partial charge in [-0.3, -0.25) is 0 Å². The van der Waals surface area contributed by atoms with Crippen LogP contribution in [0.4, 0.5) is 0 Å². The van der Waals surface area contributed by atoms with Crippen LogP contribution in [-0.4, -0.2) is 45.3 Å². The summed E-state index contributed by atoms with van der Waals surface area (Å²) in [7, 11) is 0. The Hall–Kier alpha value is -0.160. The van der Waals surface area contributed by atoms with Crippen molar-refractivity contribution in [3.8, 4) is 0 Å². The molecule has 0 radical (unpaired) electrons. The first kappa shape index (κ1) is 16.8. The van der Waals surface area contributed by atoms with E-state index in [1.165, 1.54) is 0 Å². The monoisotopic (exact) mass is 248 g/mol. The predicted molar refractivity (Wildman–Crippen MR) is 67.6 cm³/mol. The molecule has 4 heteroatoms. The van der Waals surface area contributed by atoms with Gasteiger partial charge in [0.25, 0.3) is 0 Å². The lowest BCUT2D eigenvalue weighted by Crippen LogP contribution is -2.48. The van der Waals surface area contributed by atoms with Crippen LogP contribution in [-0.2, 0) is 0 Å². The number of hydrogen-bond donors (Lipinski definition) is 4. The van der Waals surface area contributed by atoms with Crippen LogP contribution in [0.15, 0.2) is 0 Å². The van der Waals surface area contributed by atoms with Gasteiger partial charge in [0.2, 0.25) is 0 Å². The number of aliphatic hydroxyl groups excluding tert-OH is 4. The molecule has 4 nitrogen and oxygen atoms in total. The average molecular weight is 248 g/mol. The van der Waals surface area contributed by atoms with Crippen LogP contribution >= 0.6 is 0 Å². The second-order valence-corrected chi connectivity index (χ2v) is 5.51. The zero-order chi connectivity index (χ0) is 13.6. The smallest absolute Gasteiger partial charge is 0.0875 e. The first-order chi connectivity index (χ1) is 7.81. The van der Waals surface area contributed by atoms with Crippen molar-refractivity contribution in [2.24, 2.45) is 11.3 Å². The molecule has 4 unspecified atom stereocenters. The molecule has 0 aromatic rings. The second kappa shape index (κ2) is 7.31. The van der Waals surface area contributed by atoms with Crippen LogP contribution in [0, 0.1) is 11.3 Å². The topological polar surface area (TPSA) is 80.9 Å². The van der Waals surface area contributed by atoms with Gasteiger partial charge < -0.3 is 20.4 Å². The van der Waals surface area contributed by atoms with Gasteiger partial charge in [-0.1, -0.05) is 34.1 Å². The van der Waals surface area contributed by atoms with Gasteiger partial charge in [-0.2, -0.15) is 0 Å². The highest BCUT2D eigenvalue weighted by Gasteiger charge is 2.38. The normalized spacial score (nSPS) is 19.8. The SMILES string of the molecule is CCCC(O)C(CC)C(O)C(O)C(C)(C)CO. The highest BCUT2D eigenvalue weighted by atomic mass is 16.3. The van der Waals surface area contributed by atoms with E-state index in [2.05, 4.69) is 0 Å². The third-order valence-electron chi connectivity index (χ3n) is 3.52. The second-order valence-electron chi connectivity index (χ2n) is 5.51. The van der Waals surface area contributed by atoms with E-state index in [-0.39, 0.29) is 12.5 Å². The maximum absolute atomic E-state index is 10.1. The molecule has 4 atom stereocenters. The molecule has 0 aromatic heterocycles. The number of aliphatic hydroxyl groups is 4. The van der Waals surface area contributed by atoms with Crippen LogP contribution in [0.5, 0.6) is 0 Å². The Labute approximate surface area is 104 Å². The molecule has 104 valence electrons. The molecule has 4 N–H and O–H groups in total. The fraction of sp³-hybridized carbons (Fsp3) is 1.00. The Kier molecular flexibility index (Phi) is 7.24. The minimum Gasteiger partial charge on any atom is -0.396 e. The minimum atomic E-state index is -1.04. The summed E-state index contributed by atoms with van der Waals surface area (Å²) in [6, 6.07) is 0. The highest BCUT2D eigenvalue weighted by Crippen LogP contribution is 2.29. The van der Waals surface area contributed by atoms with Crippen molar-refractivity contribution in [3.05, 3.63) is 0 Å². The molecular formula is C13H28O4. The van der Waals surface area contributed by atoms with Crippen molar-refractivity contribution in [2.45, 2.75) is 65.3 Å². The summed E-state index contributed by atoms with van der Waals surface area (Å²) in [5, 5.41) is 39.3. The Bertz CT molecular complexity index is 206. The number of hydrogen-bond acceptors (Lipinski definition) is 4. The third-order valence-corrected chi connectivity index (χ3v) is 3.52. The molecule has 0 aliphatic rings. The fourth-order valence-corrected chi connectivity index (χ4v) is 2.04. The van der Waals surface area contributed by atoms with Crippen molar-refractivity contribution in [1.82, 2.24) is 0 Å². The Morgan fingerprint density at radius 1 is 1.06 bits per heavy atom. The maximum Gasteiger partial charge on any atom is 0.0875 e. The molecule has 0 aliphatic carbocycles. The van der Waals surface area contributed by atoms with Crippen LogP contribution in [0.3, 0.4) is 0 Å². The van der Waals surface area contributed by atoms with Gasteiger partial charge in [0, 0.05) is 11.3 Å². The summed E-state index contributed by atoms with van der Waals surface area (Å²) in [4.78, 5) is 0. The molecule has 0 bridgehead atoms. The van der Waals surface area contributed by atoms with Crippen molar-refractivity contribution in [2.75, 3.05) is 6.61 Å². The van der Waals surface area contributed by atoms with E-state index in [0.29, 0.717) is 12.8 Å². The zero-order valence-electron chi connectivity index (χ0n) is 11.4. The molecular weight excluding hydrogens is 220 g/mol. The molecule has 0 saturated heterocycles. The van der Waals surface area contributed by atoms with Crippen LogP contribution in [0.25, 0.3) is 0 Å². The molecule has 0 aliphatic heterocycles. The first-order valence-corrected chi connectivity index (χ1v) is 6.46. The summed E-state index contributed by atoms with van der Waals surface area (Å²) < 4.78 is 0. The zero-order valence-corrected chi connectivity index (χ0v) is 11.4. The highest BCUT2D eigenvalue weighted by molar-refractivity contribution is 4.88. The van der Waals surface area contributed by atoms with E-state index in [9.17, 15) is 20.4 Å². The maximum atomic E-state index is 10.1. The summed E-state index contributed by atoms with van der Waals surface area (Å²) in [5.41, 5.74) is -0.765. The van der Waals surface area contributed by atoms with Crippen LogP contribution in [0.2, 0.25) is 0 Å². The summed E-state index contributed by atoms with van der Waals surface area (Å²) in [6.45, 7) is 7.03. The first-order valence-electron chi connectivity index (χ1n) is 6.46. The molecule has 0 amide bonds. The van der Waals surface area contributed by atoms with E-state index in [4.69, 9.17) is 0 Å². The molecule has 17 heavy (non-hydrogen) atoms. The van der Waals surface area contributed by atoms with Gasteiger partial charge in [-0.25, -0.2) is 0 Å². The Morgan fingerprint density at radius 3 is 1.94 bits per heavy atom. The fourth-order valence-electron chi connectivity index (χ4n) is 2.04. The lowest BCUT2D eigenvalue weighted by Gasteiger charge is -2.37. The molecule has 0 aromatic carbocycles. The lowest BCUT2D eigenvalue weighted by molar-refractivity contribution is -0.114. The van der Waals surface area contributed by atoms with Gasteiger partial charge >= 0.3 is 0 Å². The minimum absolute atomic E-state index is 0.203. The Morgan fingerprint density at radius 2 is 1.59 bits per heavy atom. The summed E-state index contributed by atoms with van der Waals surface area (Å²) in [5.74, 6) is -0.351. The van der Waals surface area contributed by atoms with E-state index < -0.39 is 23.7 Å². The van der Waals surface area contributed by atoms with Gasteiger partial charge in [0.05, 0.1) is 24.9 Å². The van der Waals surface area contributed by atoms with E-state index in [0.717, 1.165) is 6.42 Å². The van der Waals surface area contributed by atoms with Crippen molar-refractivity contribution in [3.63, 3.8) is 0 Å². The van der Waals surface area contributed by atoms with Gasteiger partial charge in [0.15, 0.2) is 0 Å². The largest absolute Gasteiger partial charge is 0.396 e. The number of rotatable bonds is 8. The quantitative estimate of drug-likeness (QED) is 0.515. The van der Waals surface area contributed by atoms with Crippen molar-refractivity contribution in [1.29, 1.82) is 0 Å². The van der Waals surface area contributed by atoms with Gasteiger partial charge in [-0.15, -0.1) is 0 Å². The average Bonchev–Trinajstić information content (AvgIpc) is 2.29. The third kappa shape index (κ3) is 4.54. The molecule has 0 rings (SSSR count). The Balaban J connectivity index is 4.68. The van der Waals surface area contributed by atoms with Gasteiger partial charge in [-0.05, 0) is 12.8 Å². The standard InChI is InChI=1S/C13H28O4/c1-5-7-10(15)9(6-2)11(16)12(17)13(3,4)8-14/h9-12,14-17H,5-8H2,1-4H3. The van der Waals surface area contributed by atoms with Crippen molar-refractivity contribution >= 4 is 0 Å². The predicted octanol–water partition coefficient (Wildman–Crippen LogP) is 0.914. The van der Waals surface area contributed by atoms with E-state index in [1.54, 1.807) is 13.8 Å². The molecule has 0 saturated carbocycles.